The first-order valence-electron chi connectivity index (χ1n) is 12.7. The van der Waals surface area contributed by atoms with Crippen LogP contribution in [0.4, 0.5) is 27.3 Å². The van der Waals surface area contributed by atoms with E-state index in [-0.39, 0.29) is 11.9 Å². The van der Waals surface area contributed by atoms with Crippen LogP contribution in [-0.4, -0.2) is 21.5 Å². The second-order valence-corrected chi connectivity index (χ2v) is 10.3. The van der Waals surface area contributed by atoms with Gasteiger partial charge in [0.2, 0.25) is 0 Å². The fraction of sp³-hybridized carbons (Fsp3) is 0.0645. The number of aryl methyl sites for hydroxylation is 1. The molecule has 0 spiro atoms. The highest BCUT2D eigenvalue weighted by molar-refractivity contribution is 6.52. The van der Waals surface area contributed by atoms with Crippen molar-refractivity contribution in [1.82, 2.24) is 9.78 Å². The molecule has 0 saturated heterocycles. The minimum atomic E-state index is -0.345. The molecule has 0 bridgehead atoms. The number of fused-ring (bicyclic) bond motifs is 4. The van der Waals surface area contributed by atoms with Crippen molar-refractivity contribution in [2.75, 3.05) is 10.2 Å². The molecule has 9 heteroatoms. The van der Waals surface area contributed by atoms with Gasteiger partial charge < -0.3 is 10.2 Å². The Labute approximate surface area is 240 Å². The topological polar surface area (TPSA) is 57.8 Å². The summed E-state index contributed by atoms with van der Waals surface area (Å²) in [5, 5.41) is 9.22. The number of halogens is 3. The van der Waals surface area contributed by atoms with Gasteiger partial charge in [0.05, 0.1) is 38.8 Å². The molecule has 3 heterocycles. The zero-order valence-electron chi connectivity index (χ0n) is 21.2. The van der Waals surface area contributed by atoms with Gasteiger partial charge in [0.25, 0.3) is 0 Å². The Morgan fingerprint density at radius 1 is 0.825 bits per heavy atom. The van der Waals surface area contributed by atoms with Gasteiger partial charge in [0.15, 0.2) is 17.5 Å². The molecule has 5 aromatic rings. The largest absolute Gasteiger partial charge is 0.337 e. The Hall–Kier alpha value is -4.46. The number of anilines is 2. The van der Waals surface area contributed by atoms with Gasteiger partial charge >= 0.3 is 0 Å². The molecule has 0 amide bonds. The number of rotatable bonds is 3. The normalized spacial score (nSPS) is 15.5. The van der Waals surface area contributed by atoms with E-state index in [1.54, 1.807) is 12.1 Å². The molecule has 7 rings (SSSR count). The van der Waals surface area contributed by atoms with E-state index in [1.807, 2.05) is 84.4 Å². The summed E-state index contributed by atoms with van der Waals surface area (Å²) in [6.45, 7) is 1.98. The van der Waals surface area contributed by atoms with E-state index in [9.17, 15) is 4.39 Å². The monoisotopic (exact) mass is 566 g/mol. The number of hydrogen-bond donors (Lipinski definition) is 1. The summed E-state index contributed by atoms with van der Waals surface area (Å²) < 4.78 is 15.9. The third-order valence-electron chi connectivity index (χ3n) is 7.01. The fourth-order valence-corrected chi connectivity index (χ4v) is 5.52. The Balaban J connectivity index is 1.49. The van der Waals surface area contributed by atoms with Crippen LogP contribution >= 0.6 is 23.2 Å². The Bertz CT molecular complexity index is 1830. The van der Waals surface area contributed by atoms with Crippen LogP contribution < -0.4 is 10.2 Å². The fourth-order valence-electron chi connectivity index (χ4n) is 5.22. The second-order valence-electron chi connectivity index (χ2n) is 9.53. The molecule has 40 heavy (non-hydrogen) atoms. The van der Waals surface area contributed by atoms with E-state index in [0.717, 1.165) is 33.9 Å². The lowest BCUT2D eigenvalue weighted by Gasteiger charge is -2.40. The van der Waals surface area contributed by atoms with Gasteiger partial charge in [-0.2, -0.15) is 5.10 Å². The molecule has 0 fully saturated rings. The lowest BCUT2D eigenvalue weighted by atomic mass is 9.93. The standard InChI is InChI=1S/C31H21Cl2FN6/c1-18-27-28(19-11-13-20(34)14-12-19)39-26-10-6-5-9-25(26)36-29(35-21-15-16-23(32)24(33)17-21)31(39)37-30(27)40(38-18)22-7-3-2-4-8-22/h2-17,28H,1H3,(H,35,36). The molecule has 1 atom stereocenters. The van der Waals surface area contributed by atoms with Gasteiger partial charge in [-0.05, 0) is 67.1 Å². The maximum absolute atomic E-state index is 14.1. The van der Waals surface area contributed by atoms with E-state index in [0.29, 0.717) is 33.2 Å². The highest BCUT2D eigenvalue weighted by atomic mass is 35.5. The highest BCUT2D eigenvalue weighted by Gasteiger charge is 2.41. The van der Waals surface area contributed by atoms with Gasteiger partial charge in [0.1, 0.15) is 5.82 Å². The third-order valence-corrected chi connectivity index (χ3v) is 7.75. The van der Waals surface area contributed by atoms with Crippen LogP contribution in [0.15, 0.2) is 107 Å². The summed E-state index contributed by atoms with van der Waals surface area (Å²) in [5.41, 5.74) is 5.92. The summed E-state index contributed by atoms with van der Waals surface area (Å²) >= 11 is 12.5. The maximum atomic E-state index is 14.1. The first kappa shape index (κ1) is 24.6. The average molecular weight is 567 g/mol. The van der Waals surface area contributed by atoms with Crippen molar-refractivity contribution in [3.63, 3.8) is 0 Å². The number of benzene rings is 4. The van der Waals surface area contributed by atoms with E-state index >= 15 is 0 Å². The lowest BCUT2D eigenvalue weighted by Crippen LogP contribution is -2.46. The maximum Gasteiger partial charge on any atom is 0.179 e. The van der Waals surface area contributed by atoms with Gasteiger partial charge in [-0.25, -0.2) is 19.1 Å². The summed E-state index contributed by atoms with van der Waals surface area (Å²) in [6, 6.07) is 29.3. The van der Waals surface area contributed by atoms with Crippen molar-refractivity contribution < 1.29 is 4.39 Å². The van der Waals surface area contributed by atoms with Gasteiger partial charge in [-0.1, -0.05) is 65.7 Å². The molecule has 1 N–H and O–H groups in total. The minimum Gasteiger partial charge on any atom is -0.337 e. The van der Waals surface area contributed by atoms with Gasteiger partial charge in [-0.3, -0.25) is 0 Å². The van der Waals surface area contributed by atoms with Gasteiger partial charge in [-0.15, -0.1) is 0 Å². The smallest absolute Gasteiger partial charge is 0.179 e. The number of para-hydroxylation sites is 3. The molecule has 0 aliphatic carbocycles. The van der Waals surface area contributed by atoms with E-state index in [4.69, 9.17) is 38.3 Å². The number of aliphatic imine (C=N–C) groups is 2. The number of nitrogens with zero attached hydrogens (tertiary/aromatic N) is 5. The van der Waals surface area contributed by atoms with E-state index < -0.39 is 0 Å². The summed E-state index contributed by atoms with van der Waals surface area (Å²) in [5.74, 6) is 1.53. The van der Waals surface area contributed by atoms with E-state index in [2.05, 4.69) is 10.2 Å². The zero-order chi connectivity index (χ0) is 27.4. The van der Waals surface area contributed by atoms with Crippen molar-refractivity contribution in [3.05, 3.63) is 130 Å². The summed E-state index contributed by atoms with van der Waals surface area (Å²) in [4.78, 5) is 12.3. The quantitative estimate of drug-likeness (QED) is 0.238. The summed E-state index contributed by atoms with van der Waals surface area (Å²) in [7, 11) is 0. The highest BCUT2D eigenvalue weighted by Crippen LogP contribution is 2.48. The van der Waals surface area contributed by atoms with Gasteiger partial charge in [0, 0.05) is 11.3 Å². The number of nitrogens with one attached hydrogen (secondary N) is 1. The van der Waals surface area contributed by atoms with Crippen LogP contribution in [0.3, 0.4) is 0 Å². The van der Waals surface area contributed by atoms with Crippen molar-refractivity contribution in [3.8, 4) is 5.69 Å². The number of hydrogen-bond acceptors (Lipinski definition) is 5. The molecule has 2 aliphatic rings. The summed E-state index contributed by atoms with van der Waals surface area (Å²) in [6.07, 6.45) is 0. The second kappa shape index (κ2) is 9.62. The van der Waals surface area contributed by atoms with Crippen LogP contribution in [0.25, 0.3) is 5.69 Å². The Morgan fingerprint density at radius 3 is 2.35 bits per heavy atom. The first-order valence-corrected chi connectivity index (χ1v) is 13.4. The Kier molecular flexibility index (Phi) is 5.91. The zero-order valence-corrected chi connectivity index (χ0v) is 22.7. The van der Waals surface area contributed by atoms with Crippen LogP contribution in [0, 0.1) is 12.7 Å². The number of aromatic nitrogens is 2. The third kappa shape index (κ3) is 4.06. The first-order chi connectivity index (χ1) is 19.5. The average Bonchev–Trinajstić information content (AvgIpc) is 3.31. The van der Waals surface area contributed by atoms with Crippen molar-refractivity contribution in [2.24, 2.45) is 9.98 Å². The SMILES string of the molecule is Cc1nn(-c2ccccc2)c2c1C(c1ccc(F)cc1)N1C(=N2)C(Nc2ccc(Cl)c(Cl)c2)=Nc2ccccc21. The number of amidine groups is 2. The molecule has 6 nitrogen and oxygen atoms in total. The molecule has 196 valence electrons. The molecule has 1 unspecified atom stereocenters. The van der Waals surface area contributed by atoms with Crippen molar-refractivity contribution in [1.29, 1.82) is 0 Å². The minimum absolute atomic E-state index is 0.298. The Morgan fingerprint density at radius 2 is 1.57 bits per heavy atom. The predicted molar refractivity (Wildman–Crippen MR) is 160 cm³/mol. The van der Waals surface area contributed by atoms with Crippen LogP contribution in [0.5, 0.6) is 0 Å². The van der Waals surface area contributed by atoms with Crippen LogP contribution in [0.1, 0.15) is 22.9 Å². The lowest BCUT2D eigenvalue weighted by molar-refractivity contribution is 0.626. The van der Waals surface area contributed by atoms with Crippen molar-refractivity contribution in [2.45, 2.75) is 13.0 Å². The molecule has 0 saturated carbocycles. The van der Waals surface area contributed by atoms with Crippen LogP contribution in [0.2, 0.25) is 10.0 Å². The van der Waals surface area contributed by atoms with Crippen LogP contribution in [-0.2, 0) is 0 Å². The molecule has 1 aromatic heterocycles. The molecule has 2 aliphatic heterocycles. The molecular formula is C31H21Cl2FN6. The molecule has 4 aromatic carbocycles. The van der Waals surface area contributed by atoms with E-state index in [1.165, 1.54) is 12.1 Å². The van der Waals surface area contributed by atoms with Crippen molar-refractivity contribution >= 4 is 57.8 Å². The molecule has 0 radical (unpaired) electrons. The predicted octanol–water partition coefficient (Wildman–Crippen LogP) is 8.42. The molecular weight excluding hydrogens is 546 g/mol.